The van der Waals surface area contributed by atoms with Crippen LogP contribution in [-0.4, -0.2) is 35.1 Å². The molecule has 2 aromatic heterocycles. The second kappa shape index (κ2) is 11.4. The number of aryl methyl sites for hydroxylation is 1. The van der Waals surface area contributed by atoms with Crippen molar-refractivity contribution in [2.45, 2.75) is 26.1 Å². The number of carbonyl (C=O) groups is 2. The Labute approximate surface area is 178 Å². The molecule has 11 heteroatoms. The summed E-state index contributed by atoms with van der Waals surface area (Å²) in [4.78, 5) is 31.9. The molecule has 0 spiro atoms. The number of rotatable bonds is 5. The molecule has 0 aliphatic rings. The van der Waals surface area contributed by atoms with Crippen molar-refractivity contribution in [3.05, 3.63) is 29.0 Å². The maximum Gasteiger partial charge on any atom is 0.350 e. The molecule has 2 rings (SSSR count). The molecule has 0 aliphatic carbocycles. The van der Waals surface area contributed by atoms with E-state index in [-0.39, 0.29) is 11.9 Å². The Bertz CT molecular complexity index is 734. The topological polar surface area (TPSA) is 78.4 Å². The summed E-state index contributed by atoms with van der Waals surface area (Å²) in [6.45, 7) is 6.13. The van der Waals surface area contributed by atoms with Gasteiger partial charge in [-0.2, -0.15) is 0 Å². The standard InChI is InChI=1S/C7H7Br2NO2S.C7H8BrNO2S/c1-2-12-6(11)5-4(3-8)10-7(9)13-5;1-3-11-6(10)5-4(2)9-7(8)12-5/h2-3H2,1H3;3H2,1-2H3. The second-order valence-corrected chi connectivity index (χ2v) is 9.31. The molecule has 0 atom stereocenters. The van der Waals surface area contributed by atoms with Crippen LogP contribution in [0.1, 0.15) is 44.6 Å². The van der Waals surface area contributed by atoms with Crippen molar-refractivity contribution in [3.8, 4) is 0 Å². The van der Waals surface area contributed by atoms with E-state index in [1.54, 1.807) is 20.8 Å². The molecule has 138 valence electrons. The minimum atomic E-state index is -0.305. The highest BCUT2D eigenvalue weighted by molar-refractivity contribution is 9.11. The molecular weight excluding hydrogens is 564 g/mol. The van der Waals surface area contributed by atoms with Gasteiger partial charge in [-0.15, -0.1) is 0 Å². The van der Waals surface area contributed by atoms with E-state index in [9.17, 15) is 9.59 Å². The van der Waals surface area contributed by atoms with Gasteiger partial charge in [-0.05, 0) is 52.6 Å². The molecule has 0 N–H and O–H groups in total. The van der Waals surface area contributed by atoms with Crippen molar-refractivity contribution >= 4 is 82.4 Å². The first-order valence-corrected chi connectivity index (χ1v) is 11.4. The van der Waals surface area contributed by atoms with Crippen LogP contribution in [-0.2, 0) is 14.8 Å². The highest BCUT2D eigenvalue weighted by atomic mass is 79.9. The summed E-state index contributed by atoms with van der Waals surface area (Å²) in [6, 6.07) is 0. The summed E-state index contributed by atoms with van der Waals surface area (Å²) in [5, 5.41) is 0.559. The van der Waals surface area contributed by atoms with Gasteiger partial charge in [0.1, 0.15) is 9.75 Å². The van der Waals surface area contributed by atoms with E-state index in [0.717, 1.165) is 5.69 Å². The number of alkyl halides is 1. The van der Waals surface area contributed by atoms with Crippen LogP contribution in [0.3, 0.4) is 0 Å². The first kappa shape index (κ1) is 22.7. The van der Waals surface area contributed by atoms with Crippen LogP contribution >= 0.6 is 70.5 Å². The molecule has 0 aromatic carbocycles. The SMILES string of the molecule is CCOC(=O)c1sc(Br)nc1C.CCOC(=O)c1sc(Br)nc1CBr. The van der Waals surface area contributed by atoms with Gasteiger partial charge in [-0.1, -0.05) is 38.6 Å². The Hall–Kier alpha value is -0.360. The lowest BCUT2D eigenvalue weighted by molar-refractivity contribution is 0.0521. The molecule has 0 unspecified atom stereocenters. The lowest BCUT2D eigenvalue weighted by Crippen LogP contribution is -2.04. The molecule has 0 bridgehead atoms. The number of esters is 2. The summed E-state index contributed by atoms with van der Waals surface area (Å²) in [7, 11) is 0. The molecule has 0 amide bonds. The molecule has 0 saturated heterocycles. The fourth-order valence-corrected chi connectivity index (χ4v) is 4.95. The molecule has 0 aliphatic heterocycles. The molecule has 0 radical (unpaired) electrons. The van der Waals surface area contributed by atoms with Gasteiger partial charge < -0.3 is 9.47 Å². The fourth-order valence-electron chi connectivity index (χ4n) is 1.52. The maximum atomic E-state index is 11.3. The van der Waals surface area contributed by atoms with Gasteiger partial charge in [0.15, 0.2) is 7.83 Å². The zero-order valence-corrected chi connectivity index (χ0v) is 20.0. The Kier molecular flexibility index (Phi) is 10.3. The number of carbonyl (C=O) groups excluding carboxylic acids is 2. The van der Waals surface area contributed by atoms with Crippen molar-refractivity contribution in [1.29, 1.82) is 0 Å². The Morgan fingerprint density at radius 1 is 0.960 bits per heavy atom. The van der Waals surface area contributed by atoms with E-state index in [2.05, 4.69) is 57.8 Å². The van der Waals surface area contributed by atoms with Crippen LogP contribution in [0.5, 0.6) is 0 Å². The van der Waals surface area contributed by atoms with E-state index < -0.39 is 0 Å². The molecule has 25 heavy (non-hydrogen) atoms. The Morgan fingerprint density at radius 3 is 1.88 bits per heavy atom. The van der Waals surface area contributed by atoms with E-state index in [1.807, 2.05) is 0 Å². The first-order valence-electron chi connectivity index (χ1n) is 7.02. The van der Waals surface area contributed by atoms with Crippen molar-refractivity contribution in [2.24, 2.45) is 0 Å². The zero-order chi connectivity index (χ0) is 19.0. The van der Waals surface area contributed by atoms with E-state index in [1.165, 1.54) is 22.7 Å². The third-order valence-corrected chi connectivity index (χ3v) is 6.14. The quantitative estimate of drug-likeness (QED) is 0.351. The lowest BCUT2D eigenvalue weighted by atomic mass is 10.4. The number of nitrogens with zero attached hydrogens (tertiary/aromatic N) is 2. The smallest absolute Gasteiger partial charge is 0.350 e. The van der Waals surface area contributed by atoms with Gasteiger partial charge >= 0.3 is 11.9 Å². The largest absolute Gasteiger partial charge is 0.462 e. The van der Waals surface area contributed by atoms with Gasteiger partial charge in [0.25, 0.3) is 0 Å². The molecule has 0 saturated carbocycles. The normalized spacial score (nSPS) is 10.0. The molecular formula is C14H15Br3N2O4S2. The predicted octanol–water partition coefficient (Wildman–Crippen LogP) is 5.37. The summed E-state index contributed by atoms with van der Waals surface area (Å²) in [5.41, 5.74) is 1.43. The van der Waals surface area contributed by atoms with E-state index in [4.69, 9.17) is 9.47 Å². The van der Waals surface area contributed by atoms with Crippen LogP contribution in [0.4, 0.5) is 0 Å². The Morgan fingerprint density at radius 2 is 1.44 bits per heavy atom. The predicted molar refractivity (Wildman–Crippen MR) is 109 cm³/mol. The molecule has 2 heterocycles. The van der Waals surface area contributed by atoms with Crippen molar-refractivity contribution in [1.82, 2.24) is 9.97 Å². The average molecular weight is 579 g/mol. The summed E-state index contributed by atoms with van der Waals surface area (Å²) in [6.07, 6.45) is 0. The van der Waals surface area contributed by atoms with E-state index >= 15 is 0 Å². The van der Waals surface area contributed by atoms with Crippen LogP contribution in [0, 0.1) is 6.92 Å². The number of hydrogen-bond donors (Lipinski definition) is 0. The number of ether oxygens (including phenoxy) is 2. The maximum absolute atomic E-state index is 11.3. The number of thiazole rings is 2. The van der Waals surface area contributed by atoms with Crippen LogP contribution in [0.2, 0.25) is 0 Å². The minimum Gasteiger partial charge on any atom is -0.462 e. The van der Waals surface area contributed by atoms with Crippen LogP contribution in [0.15, 0.2) is 7.83 Å². The Balaban J connectivity index is 0.000000251. The van der Waals surface area contributed by atoms with Gasteiger partial charge in [0.2, 0.25) is 0 Å². The average Bonchev–Trinajstić information content (AvgIpc) is 3.10. The van der Waals surface area contributed by atoms with Gasteiger partial charge in [-0.25, -0.2) is 19.6 Å². The van der Waals surface area contributed by atoms with Crippen molar-refractivity contribution < 1.29 is 19.1 Å². The first-order chi connectivity index (χ1) is 11.8. The molecule has 6 nitrogen and oxygen atoms in total. The minimum absolute atomic E-state index is 0.293. The summed E-state index contributed by atoms with van der Waals surface area (Å²) in [5.74, 6) is -0.599. The third kappa shape index (κ3) is 7.05. The van der Waals surface area contributed by atoms with Gasteiger partial charge in [-0.3, -0.25) is 0 Å². The summed E-state index contributed by atoms with van der Waals surface area (Å²) < 4.78 is 11.1. The zero-order valence-electron chi connectivity index (χ0n) is 13.6. The van der Waals surface area contributed by atoms with Gasteiger partial charge in [0.05, 0.1) is 24.6 Å². The third-order valence-electron chi connectivity index (χ3n) is 2.49. The van der Waals surface area contributed by atoms with E-state index in [0.29, 0.717) is 41.8 Å². The molecule has 0 fully saturated rings. The van der Waals surface area contributed by atoms with Crippen LogP contribution in [0.25, 0.3) is 0 Å². The molecule has 2 aromatic rings. The van der Waals surface area contributed by atoms with Crippen molar-refractivity contribution in [2.75, 3.05) is 13.2 Å². The second-order valence-electron chi connectivity index (χ2n) is 4.20. The van der Waals surface area contributed by atoms with Crippen LogP contribution < -0.4 is 0 Å². The number of aromatic nitrogens is 2. The number of hydrogen-bond acceptors (Lipinski definition) is 8. The summed E-state index contributed by atoms with van der Waals surface area (Å²) >= 11 is 12.3. The lowest BCUT2D eigenvalue weighted by Gasteiger charge is -1.98. The fraction of sp³-hybridized carbons (Fsp3) is 0.429. The van der Waals surface area contributed by atoms with Gasteiger partial charge in [0, 0.05) is 5.33 Å². The van der Waals surface area contributed by atoms with Crippen molar-refractivity contribution in [3.63, 3.8) is 0 Å². The number of halogens is 3. The highest BCUT2D eigenvalue weighted by Gasteiger charge is 2.17. The highest BCUT2D eigenvalue weighted by Crippen LogP contribution is 2.25. The monoisotopic (exact) mass is 576 g/mol.